The largest absolute Gasteiger partial charge is 0.387 e. The van der Waals surface area contributed by atoms with Crippen molar-refractivity contribution in [3.63, 3.8) is 0 Å². The van der Waals surface area contributed by atoms with Crippen molar-refractivity contribution in [2.24, 2.45) is 0 Å². The van der Waals surface area contributed by atoms with E-state index in [1.54, 1.807) is 0 Å². The van der Waals surface area contributed by atoms with Gasteiger partial charge in [0.1, 0.15) is 0 Å². The number of rotatable bonds is 6. The number of aliphatic hydroxyl groups excluding tert-OH is 1. The molecule has 0 aliphatic rings. The molecule has 0 spiro atoms. The molecule has 0 aliphatic carbocycles. The number of benzene rings is 2. The topological polar surface area (TPSA) is 32.3 Å². The normalized spacial score (nSPS) is 13.5. The van der Waals surface area contributed by atoms with E-state index in [0.717, 1.165) is 12.1 Å². The second kappa shape index (κ2) is 8.94. The van der Waals surface area contributed by atoms with Gasteiger partial charge in [0.2, 0.25) is 0 Å². The molecule has 0 unspecified atom stereocenters. The summed E-state index contributed by atoms with van der Waals surface area (Å²) in [5.74, 6) is 0.561. The molecular weight excluding hydrogens is 294 g/mol. The quantitative estimate of drug-likeness (QED) is 0.824. The van der Waals surface area contributed by atoms with E-state index in [0.29, 0.717) is 5.92 Å². The molecule has 0 radical (unpaired) electrons. The first-order valence-corrected chi connectivity index (χ1v) is 7.63. The Kier molecular flexibility index (Phi) is 7.60. The van der Waals surface area contributed by atoms with Crippen LogP contribution in [0.1, 0.15) is 49.5 Å². The molecule has 120 valence electrons. The van der Waals surface area contributed by atoms with E-state index in [1.165, 1.54) is 11.1 Å². The smallest absolute Gasteiger partial charge is 0.0940 e. The molecule has 0 fully saturated rings. The van der Waals surface area contributed by atoms with Gasteiger partial charge < -0.3 is 10.4 Å². The zero-order chi connectivity index (χ0) is 15.2. The van der Waals surface area contributed by atoms with E-state index in [1.807, 2.05) is 37.3 Å². The molecule has 0 bridgehead atoms. The highest BCUT2D eigenvalue weighted by atomic mass is 35.5. The summed E-state index contributed by atoms with van der Waals surface area (Å²) in [5, 5.41) is 13.7. The van der Waals surface area contributed by atoms with Gasteiger partial charge in [0.05, 0.1) is 6.10 Å². The van der Waals surface area contributed by atoms with E-state index in [4.69, 9.17) is 0 Å². The van der Waals surface area contributed by atoms with Crippen molar-refractivity contribution < 1.29 is 5.11 Å². The third kappa shape index (κ3) is 5.13. The highest BCUT2D eigenvalue weighted by Gasteiger charge is 2.15. The molecule has 2 rings (SSSR count). The Bertz CT molecular complexity index is 539. The maximum Gasteiger partial charge on any atom is 0.0940 e. The highest BCUT2D eigenvalue weighted by Crippen LogP contribution is 2.17. The van der Waals surface area contributed by atoms with E-state index < -0.39 is 6.10 Å². The Morgan fingerprint density at radius 3 is 2.00 bits per heavy atom. The Hall–Kier alpha value is -1.35. The zero-order valence-corrected chi connectivity index (χ0v) is 14.3. The van der Waals surface area contributed by atoms with Gasteiger partial charge in [0.25, 0.3) is 0 Å². The van der Waals surface area contributed by atoms with E-state index in [2.05, 4.69) is 43.4 Å². The lowest BCUT2D eigenvalue weighted by molar-refractivity contribution is 0.135. The summed E-state index contributed by atoms with van der Waals surface area (Å²) in [6.45, 7) is 7.18. The number of aliphatic hydroxyl groups is 1. The predicted octanol–water partition coefficient (Wildman–Crippen LogP) is 4.44. The third-order valence-corrected chi connectivity index (χ3v) is 3.89. The molecule has 0 heterocycles. The molecule has 0 saturated heterocycles. The van der Waals surface area contributed by atoms with Crippen LogP contribution >= 0.6 is 12.4 Å². The molecule has 22 heavy (non-hydrogen) atoms. The molecular formula is C19H26ClNO. The van der Waals surface area contributed by atoms with Gasteiger partial charge in [0, 0.05) is 12.6 Å². The van der Waals surface area contributed by atoms with E-state index in [-0.39, 0.29) is 18.4 Å². The van der Waals surface area contributed by atoms with Crippen molar-refractivity contribution >= 4 is 12.4 Å². The van der Waals surface area contributed by atoms with E-state index >= 15 is 0 Å². The molecule has 3 heteroatoms. The second-order valence-corrected chi connectivity index (χ2v) is 5.92. The maximum atomic E-state index is 10.3. The lowest BCUT2D eigenvalue weighted by Gasteiger charge is -2.21. The standard InChI is InChI=1S/C19H25NO.ClH/c1-14(2)17-11-9-16(10-12-17)13-20-15(3)19(21)18-7-5-4-6-8-18;/h4-12,14-15,19-21H,13H2,1-3H3;1H/t15-,19+;/m1./s1. The van der Waals surface area contributed by atoms with Crippen molar-refractivity contribution in [3.05, 3.63) is 71.3 Å². The van der Waals surface area contributed by atoms with Crippen LogP contribution in [0.25, 0.3) is 0 Å². The Morgan fingerprint density at radius 2 is 1.45 bits per heavy atom. The van der Waals surface area contributed by atoms with Crippen molar-refractivity contribution in [2.45, 2.75) is 45.4 Å². The van der Waals surface area contributed by atoms with Gasteiger partial charge in [0.15, 0.2) is 0 Å². The number of nitrogens with one attached hydrogen (secondary N) is 1. The van der Waals surface area contributed by atoms with Crippen LogP contribution in [0.5, 0.6) is 0 Å². The predicted molar refractivity (Wildman–Crippen MR) is 95.5 cm³/mol. The Balaban J connectivity index is 0.00000242. The van der Waals surface area contributed by atoms with E-state index in [9.17, 15) is 5.11 Å². The van der Waals surface area contributed by atoms with Crippen LogP contribution in [0.3, 0.4) is 0 Å². The maximum absolute atomic E-state index is 10.3. The first kappa shape index (κ1) is 18.7. The van der Waals surface area contributed by atoms with Gasteiger partial charge in [-0.15, -0.1) is 12.4 Å². The van der Waals surface area contributed by atoms with Crippen LogP contribution < -0.4 is 5.32 Å². The summed E-state index contributed by atoms with van der Waals surface area (Å²) in [5.41, 5.74) is 3.55. The number of halogens is 1. The van der Waals surface area contributed by atoms with Gasteiger partial charge >= 0.3 is 0 Å². The lowest BCUT2D eigenvalue weighted by Crippen LogP contribution is -2.31. The van der Waals surface area contributed by atoms with Gasteiger partial charge in [-0.05, 0) is 29.5 Å². The molecule has 2 N–H and O–H groups in total. The molecule has 0 saturated carbocycles. The fourth-order valence-corrected chi connectivity index (χ4v) is 2.35. The summed E-state index contributed by atoms with van der Waals surface area (Å²) in [4.78, 5) is 0. The summed E-state index contributed by atoms with van der Waals surface area (Å²) in [7, 11) is 0. The SMILES string of the molecule is CC(C)c1ccc(CN[C@H](C)[C@H](O)c2ccccc2)cc1.Cl. The van der Waals surface area contributed by atoms with Gasteiger partial charge in [-0.1, -0.05) is 68.4 Å². The highest BCUT2D eigenvalue weighted by molar-refractivity contribution is 5.85. The van der Waals surface area contributed by atoms with Crippen LogP contribution in [0.2, 0.25) is 0 Å². The average molecular weight is 320 g/mol. The first-order valence-electron chi connectivity index (χ1n) is 7.63. The van der Waals surface area contributed by atoms with Crippen LogP contribution in [0.15, 0.2) is 54.6 Å². The summed E-state index contributed by atoms with van der Waals surface area (Å²) in [6.07, 6.45) is -0.485. The summed E-state index contributed by atoms with van der Waals surface area (Å²) >= 11 is 0. The monoisotopic (exact) mass is 319 g/mol. The minimum atomic E-state index is -0.485. The van der Waals surface area contributed by atoms with Crippen molar-refractivity contribution in [3.8, 4) is 0 Å². The molecule has 0 amide bonds. The molecule has 2 aromatic carbocycles. The summed E-state index contributed by atoms with van der Waals surface area (Å²) < 4.78 is 0. The number of hydrogen-bond donors (Lipinski definition) is 2. The van der Waals surface area contributed by atoms with Crippen molar-refractivity contribution in [1.82, 2.24) is 5.32 Å². The van der Waals surface area contributed by atoms with Crippen LogP contribution in [0, 0.1) is 0 Å². The fourth-order valence-electron chi connectivity index (χ4n) is 2.35. The van der Waals surface area contributed by atoms with Gasteiger partial charge in [-0.2, -0.15) is 0 Å². The Labute approximate surface area is 140 Å². The van der Waals surface area contributed by atoms with Crippen molar-refractivity contribution in [1.29, 1.82) is 0 Å². The summed E-state index contributed by atoms with van der Waals surface area (Å²) in [6, 6.07) is 18.5. The second-order valence-electron chi connectivity index (χ2n) is 5.92. The minimum Gasteiger partial charge on any atom is -0.387 e. The first-order chi connectivity index (χ1) is 10.1. The molecule has 2 atom stereocenters. The van der Waals surface area contributed by atoms with Gasteiger partial charge in [-0.25, -0.2) is 0 Å². The minimum absolute atomic E-state index is 0. The molecule has 0 aromatic heterocycles. The fraction of sp³-hybridized carbons (Fsp3) is 0.368. The van der Waals surface area contributed by atoms with Crippen LogP contribution in [-0.4, -0.2) is 11.1 Å². The Morgan fingerprint density at radius 1 is 0.864 bits per heavy atom. The average Bonchev–Trinajstić information content (AvgIpc) is 2.53. The van der Waals surface area contributed by atoms with Crippen LogP contribution in [-0.2, 0) is 6.54 Å². The zero-order valence-electron chi connectivity index (χ0n) is 13.5. The van der Waals surface area contributed by atoms with Crippen LogP contribution in [0.4, 0.5) is 0 Å². The van der Waals surface area contributed by atoms with Gasteiger partial charge in [-0.3, -0.25) is 0 Å². The van der Waals surface area contributed by atoms with Crippen molar-refractivity contribution in [2.75, 3.05) is 0 Å². The lowest BCUT2D eigenvalue weighted by atomic mass is 10.0. The molecule has 0 aliphatic heterocycles. The number of hydrogen-bond acceptors (Lipinski definition) is 2. The molecule has 2 nitrogen and oxygen atoms in total. The third-order valence-electron chi connectivity index (χ3n) is 3.89. The molecule has 2 aromatic rings.